The van der Waals surface area contributed by atoms with E-state index in [-0.39, 0.29) is 12.0 Å². The van der Waals surface area contributed by atoms with E-state index < -0.39 is 0 Å². The summed E-state index contributed by atoms with van der Waals surface area (Å²) in [5, 5.41) is 7.29. The molecule has 2 unspecified atom stereocenters. The lowest BCUT2D eigenvalue weighted by Gasteiger charge is -2.18. The highest BCUT2D eigenvalue weighted by Gasteiger charge is 2.23. The molecule has 1 fully saturated rings. The fourth-order valence-electron chi connectivity index (χ4n) is 1.66. The molecule has 6 heteroatoms. The Labute approximate surface area is 106 Å². The molecule has 1 aromatic rings. The van der Waals surface area contributed by atoms with E-state index in [0.29, 0.717) is 11.7 Å². The van der Waals surface area contributed by atoms with Crippen LogP contribution in [0, 0.1) is 0 Å². The lowest BCUT2D eigenvalue weighted by molar-refractivity contribution is 0.0677. The van der Waals surface area contributed by atoms with Crippen LogP contribution in [0.4, 0.5) is 0 Å². The first-order valence-electron chi connectivity index (χ1n) is 6.04. The summed E-state index contributed by atoms with van der Waals surface area (Å²) in [5.74, 6) is 3.60. The van der Waals surface area contributed by atoms with Crippen LogP contribution in [0.5, 0.6) is 0 Å². The number of thioether (sulfide) groups is 1. The minimum atomic E-state index is -0.00224. The second-order valence-electron chi connectivity index (χ2n) is 4.13. The van der Waals surface area contributed by atoms with E-state index in [9.17, 15) is 0 Å². The van der Waals surface area contributed by atoms with E-state index >= 15 is 0 Å². The van der Waals surface area contributed by atoms with E-state index in [1.807, 2.05) is 11.8 Å². The molecular weight excluding hydrogens is 238 g/mol. The van der Waals surface area contributed by atoms with E-state index in [4.69, 9.17) is 9.26 Å². The Morgan fingerprint density at radius 3 is 3.18 bits per heavy atom. The summed E-state index contributed by atoms with van der Waals surface area (Å²) in [6.45, 7) is 6.74. The Kier molecular flexibility index (Phi) is 4.82. The number of aromatic nitrogens is 2. The van der Waals surface area contributed by atoms with Crippen molar-refractivity contribution in [2.24, 2.45) is 0 Å². The quantitative estimate of drug-likeness (QED) is 0.864. The average molecular weight is 257 g/mol. The Morgan fingerprint density at radius 1 is 1.59 bits per heavy atom. The lowest BCUT2D eigenvalue weighted by atomic mass is 10.2. The summed E-state index contributed by atoms with van der Waals surface area (Å²) < 4.78 is 10.9. The van der Waals surface area contributed by atoms with Crippen LogP contribution in [-0.2, 0) is 4.74 Å². The summed E-state index contributed by atoms with van der Waals surface area (Å²) in [5.41, 5.74) is 0. The standard InChI is InChI=1S/C11H19N3O2S/c1-3-12-6-8(2)11-13-10(14-16-11)9-7-17-5-4-15-9/h8-9,12H,3-7H2,1-2H3. The van der Waals surface area contributed by atoms with Crippen LogP contribution in [0.25, 0.3) is 0 Å². The van der Waals surface area contributed by atoms with Gasteiger partial charge >= 0.3 is 0 Å². The number of rotatable bonds is 5. The monoisotopic (exact) mass is 257 g/mol. The van der Waals surface area contributed by atoms with Crippen LogP contribution in [0.3, 0.4) is 0 Å². The maximum absolute atomic E-state index is 5.62. The number of nitrogens with one attached hydrogen (secondary N) is 1. The van der Waals surface area contributed by atoms with E-state index in [1.54, 1.807) is 0 Å². The minimum Gasteiger partial charge on any atom is -0.368 e. The van der Waals surface area contributed by atoms with Gasteiger partial charge in [0.1, 0.15) is 6.10 Å². The van der Waals surface area contributed by atoms with Gasteiger partial charge in [0.25, 0.3) is 0 Å². The molecule has 1 N–H and O–H groups in total. The molecule has 0 aliphatic carbocycles. The van der Waals surface area contributed by atoms with Crippen LogP contribution < -0.4 is 5.32 Å². The summed E-state index contributed by atoms with van der Waals surface area (Å²) in [4.78, 5) is 4.43. The van der Waals surface area contributed by atoms with Crippen molar-refractivity contribution in [3.8, 4) is 0 Å². The van der Waals surface area contributed by atoms with Gasteiger partial charge in [-0.15, -0.1) is 0 Å². The van der Waals surface area contributed by atoms with Crippen molar-refractivity contribution >= 4 is 11.8 Å². The van der Waals surface area contributed by atoms with Gasteiger partial charge in [0, 0.05) is 24.0 Å². The summed E-state index contributed by atoms with van der Waals surface area (Å²) >= 11 is 1.87. The maximum atomic E-state index is 5.62. The predicted octanol–water partition coefficient (Wildman–Crippen LogP) is 1.59. The van der Waals surface area contributed by atoms with E-state index in [0.717, 1.165) is 31.2 Å². The van der Waals surface area contributed by atoms with Gasteiger partial charge < -0.3 is 14.6 Å². The predicted molar refractivity (Wildman–Crippen MR) is 67.3 cm³/mol. The number of hydrogen-bond donors (Lipinski definition) is 1. The molecule has 2 rings (SSSR count). The molecule has 0 saturated carbocycles. The molecule has 2 heterocycles. The molecule has 96 valence electrons. The topological polar surface area (TPSA) is 60.2 Å². The zero-order valence-corrected chi connectivity index (χ0v) is 11.1. The molecule has 1 saturated heterocycles. The average Bonchev–Trinajstić information content (AvgIpc) is 2.86. The van der Waals surface area contributed by atoms with Crippen molar-refractivity contribution in [3.63, 3.8) is 0 Å². The maximum Gasteiger partial charge on any atom is 0.230 e. The minimum absolute atomic E-state index is 0.00224. The van der Waals surface area contributed by atoms with Crippen molar-refractivity contribution in [1.82, 2.24) is 15.5 Å². The molecule has 17 heavy (non-hydrogen) atoms. The van der Waals surface area contributed by atoms with E-state index in [2.05, 4.69) is 29.3 Å². The van der Waals surface area contributed by atoms with Crippen LogP contribution >= 0.6 is 11.8 Å². The zero-order chi connectivity index (χ0) is 12.1. The first kappa shape index (κ1) is 12.9. The molecule has 0 radical (unpaired) electrons. The van der Waals surface area contributed by atoms with Crippen LogP contribution in [0.15, 0.2) is 4.52 Å². The Morgan fingerprint density at radius 2 is 2.47 bits per heavy atom. The van der Waals surface area contributed by atoms with Gasteiger partial charge in [-0.25, -0.2) is 0 Å². The second-order valence-corrected chi connectivity index (χ2v) is 5.28. The number of nitrogens with zero attached hydrogens (tertiary/aromatic N) is 2. The fraction of sp³-hybridized carbons (Fsp3) is 0.818. The summed E-state index contributed by atoms with van der Waals surface area (Å²) in [7, 11) is 0. The van der Waals surface area contributed by atoms with Gasteiger partial charge in [-0.2, -0.15) is 16.7 Å². The molecule has 5 nitrogen and oxygen atoms in total. The van der Waals surface area contributed by atoms with Crippen molar-refractivity contribution in [1.29, 1.82) is 0 Å². The van der Waals surface area contributed by atoms with Gasteiger partial charge in [0.05, 0.1) is 6.61 Å². The fourth-order valence-corrected chi connectivity index (χ4v) is 2.50. The molecular formula is C11H19N3O2S. The number of likely N-dealkylation sites (N-methyl/N-ethyl adjacent to an activating group) is 1. The summed E-state index contributed by atoms with van der Waals surface area (Å²) in [6.07, 6.45) is -0.00224. The van der Waals surface area contributed by atoms with Crippen molar-refractivity contribution in [3.05, 3.63) is 11.7 Å². The molecule has 2 atom stereocenters. The van der Waals surface area contributed by atoms with Gasteiger partial charge in [-0.3, -0.25) is 0 Å². The van der Waals surface area contributed by atoms with Gasteiger partial charge in [-0.1, -0.05) is 19.0 Å². The van der Waals surface area contributed by atoms with Crippen LogP contribution in [0.2, 0.25) is 0 Å². The van der Waals surface area contributed by atoms with Crippen molar-refractivity contribution < 1.29 is 9.26 Å². The SMILES string of the molecule is CCNCC(C)c1nc(C2CSCCO2)no1. The number of ether oxygens (including phenoxy) is 1. The molecule has 0 amide bonds. The first-order valence-corrected chi connectivity index (χ1v) is 7.20. The van der Waals surface area contributed by atoms with E-state index in [1.165, 1.54) is 0 Å². The zero-order valence-electron chi connectivity index (χ0n) is 10.3. The summed E-state index contributed by atoms with van der Waals surface area (Å²) in [6, 6.07) is 0. The molecule has 1 aliphatic rings. The van der Waals surface area contributed by atoms with Gasteiger partial charge in [-0.05, 0) is 6.54 Å². The first-order chi connectivity index (χ1) is 8.31. The third-order valence-corrected chi connectivity index (χ3v) is 3.68. The highest BCUT2D eigenvalue weighted by molar-refractivity contribution is 7.99. The third-order valence-electron chi connectivity index (χ3n) is 2.68. The third kappa shape index (κ3) is 3.43. The lowest BCUT2D eigenvalue weighted by Crippen LogP contribution is -2.20. The Hall–Kier alpha value is -0.590. The molecule has 1 aliphatic heterocycles. The molecule has 0 aromatic carbocycles. The van der Waals surface area contributed by atoms with Crippen LogP contribution in [0.1, 0.15) is 37.6 Å². The van der Waals surface area contributed by atoms with Crippen LogP contribution in [-0.4, -0.2) is 41.3 Å². The van der Waals surface area contributed by atoms with Crippen molar-refractivity contribution in [2.75, 3.05) is 31.2 Å². The normalized spacial score (nSPS) is 22.6. The van der Waals surface area contributed by atoms with Gasteiger partial charge in [0.15, 0.2) is 0 Å². The Balaban J connectivity index is 1.94. The smallest absolute Gasteiger partial charge is 0.230 e. The molecule has 0 bridgehead atoms. The largest absolute Gasteiger partial charge is 0.368 e. The Bertz CT molecular complexity index is 339. The second kappa shape index (κ2) is 6.37. The van der Waals surface area contributed by atoms with Gasteiger partial charge in [0.2, 0.25) is 11.7 Å². The molecule has 0 spiro atoms. The highest BCUT2D eigenvalue weighted by Crippen LogP contribution is 2.25. The molecule has 1 aromatic heterocycles. The highest BCUT2D eigenvalue weighted by atomic mass is 32.2. The van der Waals surface area contributed by atoms with Crippen molar-refractivity contribution in [2.45, 2.75) is 25.9 Å². The number of hydrogen-bond acceptors (Lipinski definition) is 6.